The summed E-state index contributed by atoms with van der Waals surface area (Å²) in [7, 11) is 0. The van der Waals surface area contributed by atoms with Gasteiger partial charge >= 0.3 is 0 Å². The predicted molar refractivity (Wildman–Crippen MR) is 92.3 cm³/mol. The maximum absolute atomic E-state index is 3.61. The van der Waals surface area contributed by atoms with Crippen molar-refractivity contribution in [1.29, 1.82) is 0 Å². The molecular weight excluding hydrogens is 254 g/mol. The van der Waals surface area contributed by atoms with Gasteiger partial charge in [-0.25, -0.2) is 0 Å². The molecule has 21 heavy (non-hydrogen) atoms. The first kappa shape index (κ1) is 14.1. The summed E-state index contributed by atoms with van der Waals surface area (Å²) in [6, 6.07) is 13.3. The molecule has 3 rings (SSSR count). The molecule has 0 aliphatic heterocycles. The summed E-state index contributed by atoms with van der Waals surface area (Å²) < 4.78 is 0. The Morgan fingerprint density at radius 3 is 2.81 bits per heavy atom. The van der Waals surface area contributed by atoms with Gasteiger partial charge in [0.2, 0.25) is 0 Å². The summed E-state index contributed by atoms with van der Waals surface area (Å²) in [5.74, 6) is 0. The first-order valence-corrected chi connectivity index (χ1v) is 7.97. The van der Waals surface area contributed by atoms with Gasteiger partial charge in [-0.3, -0.25) is 0 Å². The molecule has 2 aromatic rings. The summed E-state index contributed by atoms with van der Waals surface area (Å²) in [5.41, 5.74) is 4.29. The fourth-order valence-corrected chi connectivity index (χ4v) is 2.99. The Kier molecular flexibility index (Phi) is 4.52. The number of hydrogen-bond donors (Lipinski definition) is 1. The Bertz CT molecular complexity index is 679. The quantitative estimate of drug-likeness (QED) is 0.727. The zero-order valence-corrected chi connectivity index (χ0v) is 12.7. The molecule has 0 spiro atoms. The van der Waals surface area contributed by atoms with Gasteiger partial charge in [-0.15, -0.1) is 0 Å². The molecule has 1 N–H and O–H groups in total. The van der Waals surface area contributed by atoms with Crippen molar-refractivity contribution in [3.05, 3.63) is 65.8 Å². The highest BCUT2D eigenvalue weighted by molar-refractivity contribution is 5.91. The Morgan fingerprint density at radius 1 is 1.10 bits per heavy atom. The molecule has 0 unspecified atom stereocenters. The number of nitrogens with one attached hydrogen (secondary N) is 1. The first-order chi connectivity index (χ1) is 10.4. The summed E-state index contributed by atoms with van der Waals surface area (Å²) in [6.45, 7) is 4.28. The van der Waals surface area contributed by atoms with Crippen LogP contribution >= 0.6 is 0 Å². The largest absolute Gasteiger partial charge is 0.313 e. The van der Waals surface area contributed by atoms with E-state index in [4.69, 9.17) is 0 Å². The highest BCUT2D eigenvalue weighted by atomic mass is 14.8. The Balaban J connectivity index is 1.96. The van der Waals surface area contributed by atoms with E-state index in [1.807, 2.05) is 0 Å². The van der Waals surface area contributed by atoms with Crippen LogP contribution in [0.4, 0.5) is 0 Å². The van der Waals surface area contributed by atoms with Gasteiger partial charge in [0.1, 0.15) is 0 Å². The van der Waals surface area contributed by atoms with E-state index in [1.54, 1.807) is 0 Å². The van der Waals surface area contributed by atoms with Gasteiger partial charge in [0.15, 0.2) is 0 Å². The number of allylic oxidation sites excluding steroid dienone is 4. The summed E-state index contributed by atoms with van der Waals surface area (Å²) in [6.07, 6.45) is 10.2. The number of benzene rings is 2. The van der Waals surface area contributed by atoms with E-state index < -0.39 is 0 Å². The Morgan fingerprint density at radius 2 is 2.00 bits per heavy atom. The second-order valence-electron chi connectivity index (χ2n) is 5.67. The van der Waals surface area contributed by atoms with Crippen LogP contribution in [0.15, 0.2) is 54.6 Å². The lowest BCUT2D eigenvalue weighted by atomic mass is 9.93. The van der Waals surface area contributed by atoms with Gasteiger partial charge < -0.3 is 5.32 Å². The van der Waals surface area contributed by atoms with Crippen molar-refractivity contribution in [2.75, 3.05) is 6.54 Å². The SMILES string of the molecule is CCCCNCc1c(C2=CC=CC2)ccc2ccccc12. The van der Waals surface area contributed by atoms with Gasteiger partial charge in [-0.1, -0.05) is 68.0 Å². The van der Waals surface area contributed by atoms with E-state index in [-0.39, 0.29) is 0 Å². The Labute approximate surface area is 127 Å². The highest BCUT2D eigenvalue weighted by Crippen LogP contribution is 2.31. The minimum Gasteiger partial charge on any atom is -0.313 e. The predicted octanol–water partition coefficient (Wildman–Crippen LogP) is 5.07. The third-order valence-electron chi connectivity index (χ3n) is 4.17. The average molecular weight is 277 g/mol. The normalized spacial score (nSPS) is 13.9. The second kappa shape index (κ2) is 6.73. The summed E-state index contributed by atoms with van der Waals surface area (Å²) >= 11 is 0. The molecule has 0 aromatic heterocycles. The van der Waals surface area contributed by atoms with E-state index in [0.717, 1.165) is 19.5 Å². The number of rotatable bonds is 6. The average Bonchev–Trinajstić information content (AvgIpc) is 3.05. The van der Waals surface area contributed by atoms with Crippen molar-refractivity contribution in [3.8, 4) is 0 Å². The molecule has 108 valence electrons. The lowest BCUT2D eigenvalue weighted by Gasteiger charge is -2.15. The third kappa shape index (κ3) is 3.08. The standard InChI is InChI=1S/C20H23N/c1-2-3-14-21-15-20-18-11-7-6-10-17(18)12-13-19(20)16-8-4-5-9-16/h4-8,10-13,21H,2-3,9,14-15H2,1H3. The van der Waals surface area contributed by atoms with Crippen LogP contribution in [-0.2, 0) is 6.54 Å². The van der Waals surface area contributed by atoms with Crippen LogP contribution in [0, 0.1) is 0 Å². The van der Waals surface area contributed by atoms with Crippen molar-refractivity contribution < 1.29 is 0 Å². The lowest BCUT2D eigenvalue weighted by Crippen LogP contribution is -2.16. The maximum atomic E-state index is 3.61. The second-order valence-corrected chi connectivity index (χ2v) is 5.67. The molecule has 0 radical (unpaired) electrons. The molecule has 0 saturated carbocycles. The first-order valence-electron chi connectivity index (χ1n) is 7.97. The minimum absolute atomic E-state index is 0.952. The van der Waals surface area contributed by atoms with Crippen molar-refractivity contribution in [1.82, 2.24) is 5.32 Å². The molecule has 0 fully saturated rings. The summed E-state index contributed by atoms with van der Waals surface area (Å²) in [5, 5.41) is 6.33. The van der Waals surface area contributed by atoms with Gasteiger partial charge in [-0.05, 0) is 46.9 Å². The van der Waals surface area contributed by atoms with Crippen LogP contribution in [0.3, 0.4) is 0 Å². The molecule has 1 aliphatic carbocycles. The van der Waals surface area contributed by atoms with Gasteiger partial charge in [0.25, 0.3) is 0 Å². The third-order valence-corrected chi connectivity index (χ3v) is 4.17. The topological polar surface area (TPSA) is 12.0 Å². The van der Waals surface area contributed by atoms with E-state index in [0.29, 0.717) is 0 Å². The molecule has 1 aliphatic rings. The van der Waals surface area contributed by atoms with Crippen LogP contribution in [-0.4, -0.2) is 6.54 Å². The van der Waals surface area contributed by atoms with Crippen molar-refractivity contribution in [2.45, 2.75) is 32.7 Å². The van der Waals surface area contributed by atoms with Crippen molar-refractivity contribution in [3.63, 3.8) is 0 Å². The van der Waals surface area contributed by atoms with E-state index >= 15 is 0 Å². The molecule has 1 heteroatoms. The number of unbranched alkanes of at least 4 members (excludes halogenated alkanes) is 1. The fraction of sp³-hybridized carbons (Fsp3) is 0.300. The van der Waals surface area contributed by atoms with E-state index in [1.165, 1.54) is 40.3 Å². The van der Waals surface area contributed by atoms with Crippen LogP contribution < -0.4 is 5.32 Å². The van der Waals surface area contributed by atoms with Gasteiger partial charge in [0, 0.05) is 6.54 Å². The van der Waals surface area contributed by atoms with Crippen LogP contribution in [0.2, 0.25) is 0 Å². The summed E-state index contributed by atoms with van der Waals surface area (Å²) in [4.78, 5) is 0. The number of fused-ring (bicyclic) bond motifs is 1. The molecule has 0 amide bonds. The molecule has 1 nitrogen and oxygen atoms in total. The molecule has 0 atom stereocenters. The maximum Gasteiger partial charge on any atom is 0.0217 e. The molecule has 0 bridgehead atoms. The van der Waals surface area contributed by atoms with Crippen molar-refractivity contribution in [2.24, 2.45) is 0 Å². The minimum atomic E-state index is 0.952. The fourth-order valence-electron chi connectivity index (χ4n) is 2.99. The monoisotopic (exact) mass is 277 g/mol. The lowest BCUT2D eigenvalue weighted by molar-refractivity contribution is 0.643. The molecule has 2 aromatic carbocycles. The zero-order chi connectivity index (χ0) is 14.5. The number of hydrogen-bond acceptors (Lipinski definition) is 1. The van der Waals surface area contributed by atoms with E-state index in [2.05, 4.69) is 66.9 Å². The van der Waals surface area contributed by atoms with Crippen molar-refractivity contribution >= 4 is 16.3 Å². The van der Waals surface area contributed by atoms with Crippen LogP contribution in [0.1, 0.15) is 37.3 Å². The smallest absolute Gasteiger partial charge is 0.0217 e. The van der Waals surface area contributed by atoms with Gasteiger partial charge in [-0.2, -0.15) is 0 Å². The highest BCUT2D eigenvalue weighted by Gasteiger charge is 2.11. The van der Waals surface area contributed by atoms with Gasteiger partial charge in [0.05, 0.1) is 0 Å². The molecule has 0 saturated heterocycles. The van der Waals surface area contributed by atoms with Crippen LogP contribution in [0.25, 0.3) is 16.3 Å². The zero-order valence-electron chi connectivity index (χ0n) is 12.7. The van der Waals surface area contributed by atoms with Crippen LogP contribution in [0.5, 0.6) is 0 Å². The van der Waals surface area contributed by atoms with E-state index in [9.17, 15) is 0 Å². The molecular formula is C20H23N. The molecule has 0 heterocycles. The Hall–Kier alpha value is -1.86.